The van der Waals surface area contributed by atoms with Crippen molar-refractivity contribution in [1.29, 1.82) is 5.41 Å². The fraction of sp³-hybridized carbons (Fsp3) is 0.818. The molecular weight excluding hydrogens is 854 g/mol. The fourth-order valence-electron chi connectivity index (χ4n) is 6.80. The zero-order valence-electron chi connectivity index (χ0n) is 37.0. The molecule has 0 aliphatic carbocycles. The summed E-state index contributed by atoms with van der Waals surface area (Å²) in [5.41, 5.74) is 0. The summed E-state index contributed by atoms with van der Waals surface area (Å²) in [5, 5.41) is 11.4. The maximum atomic E-state index is 14.1. The molecule has 60 heavy (non-hydrogen) atoms. The Morgan fingerprint density at radius 1 is 0.817 bits per heavy atom. The molecule has 0 aromatic heterocycles. The molecule has 1 amide bonds. The molecule has 1 fully saturated rings. The normalized spacial score (nSPS) is 20.3. The second-order valence-electron chi connectivity index (χ2n) is 15.2. The van der Waals surface area contributed by atoms with Crippen LogP contribution in [-0.4, -0.2) is 93.0 Å². The number of carbonyl (C=O) groups excluding carboxylic acids is 1. The number of halogens is 3. The van der Waals surface area contributed by atoms with E-state index in [0.29, 0.717) is 12.8 Å². The summed E-state index contributed by atoms with van der Waals surface area (Å²) < 4.78 is 59.0. The highest BCUT2D eigenvalue weighted by molar-refractivity contribution is 7.48. The van der Waals surface area contributed by atoms with E-state index in [1.165, 1.54) is 70.6 Å². The fourth-order valence-corrected chi connectivity index (χ4v) is 8.26. The molecule has 16 heteroatoms. The van der Waals surface area contributed by atoms with Crippen molar-refractivity contribution in [2.24, 2.45) is 0 Å². The first-order chi connectivity index (χ1) is 28.9. The second-order valence-corrected chi connectivity index (χ2v) is 19.1. The number of amides is 1. The Kier molecular flexibility index (Phi) is 33.6. The summed E-state index contributed by atoms with van der Waals surface area (Å²) in [6, 6.07) is -1.14. The molecule has 0 spiro atoms. The van der Waals surface area contributed by atoms with E-state index < -0.39 is 48.2 Å². The highest BCUT2D eigenvalue weighted by Gasteiger charge is 2.53. The molecule has 0 bridgehead atoms. The lowest BCUT2D eigenvalue weighted by Gasteiger charge is -2.46. The molecule has 0 saturated carbocycles. The van der Waals surface area contributed by atoms with Crippen LogP contribution in [0.1, 0.15) is 149 Å². The quantitative estimate of drug-likeness (QED) is 0.0153. The molecule has 1 rings (SSSR count). The number of ether oxygens (including phenoxy) is 5. The number of phosphoric ester groups is 1. The van der Waals surface area contributed by atoms with Crippen molar-refractivity contribution in [3.05, 3.63) is 37.5 Å². The third-order valence-electron chi connectivity index (χ3n) is 10.1. The summed E-state index contributed by atoms with van der Waals surface area (Å²) in [6.45, 7) is 11.4. The van der Waals surface area contributed by atoms with E-state index in [4.69, 9.17) is 77.5 Å². The molecule has 350 valence electrons. The number of alkyl halides is 3. The van der Waals surface area contributed by atoms with Crippen molar-refractivity contribution >= 4 is 54.4 Å². The zero-order chi connectivity index (χ0) is 44.5. The first kappa shape index (κ1) is 57.0. The van der Waals surface area contributed by atoms with Gasteiger partial charge in [-0.05, 0) is 44.9 Å². The van der Waals surface area contributed by atoms with Gasteiger partial charge < -0.3 is 29.0 Å². The lowest BCUT2D eigenvalue weighted by Crippen LogP contribution is -2.66. The Balaban J connectivity index is 3.20. The van der Waals surface area contributed by atoms with Crippen molar-refractivity contribution in [3.63, 3.8) is 0 Å². The monoisotopic (exact) mass is 930 g/mol. The largest absolute Gasteiger partial charge is 0.475 e. The van der Waals surface area contributed by atoms with E-state index in [-0.39, 0.29) is 44.9 Å². The number of rotatable bonds is 38. The number of methoxy groups -OCH3 is 2. The molecule has 5 unspecified atom stereocenters. The van der Waals surface area contributed by atoms with Crippen LogP contribution in [0, 0.1) is 5.41 Å². The molecule has 1 heterocycles. The van der Waals surface area contributed by atoms with Crippen LogP contribution in [0.15, 0.2) is 37.5 Å². The van der Waals surface area contributed by atoms with Crippen LogP contribution < -0.4 is 5.32 Å². The van der Waals surface area contributed by atoms with Crippen LogP contribution in [0.2, 0.25) is 0 Å². The highest BCUT2D eigenvalue weighted by Crippen LogP contribution is 2.52. The van der Waals surface area contributed by atoms with E-state index >= 15 is 0 Å². The molecule has 0 aromatic rings. The van der Waals surface area contributed by atoms with Crippen molar-refractivity contribution in [3.8, 4) is 0 Å². The van der Waals surface area contributed by atoms with Gasteiger partial charge in [0.2, 0.25) is 18.1 Å². The van der Waals surface area contributed by atoms with Crippen molar-refractivity contribution in [2.75, 3.05) is 40.6 Å². The number of hydrogen-bond acceptors (Lipinski definition) is 11. The maximum absolute atomic E-state index is 14.1. The van der Waals surface area contributed by atoms with Gasteiger partial charge in [-0.25, -0.2) is 4.57 Å². The smallest absolute Gasteiger partial charge is 0.446 e. The van der Waals surface area contributed by atoms with Gasteiger partial charge in [-0.1, -0.05) is 156 Å². The molecule has 2 N–H and O–H groups in total. The zero-order valence-corrected chi connectivity index (χ0v) is 40.2. The minimum atomic E-state index is -4.33. The van der Waals surface area contributed by atoms with Crippen LogP contribution in [0.5, 0.6) is 0 Å². The van der Waals surface area contributed by atoms with Gasteiger partial charge in [0.05, 0.1) is 25.9 Å². The summed E-state index contributed by atoms with van der Waals surface area (Å²) in [4.78, 5) is 13.7. The summed E-state index contributed by atoms with van der Waals surface area (Å²) in [6.07, 6.45) is 24.4. The molecule has 12 nitrogen and oxygen atoms in total. The minimum absolute atomic E-state index is 0.0990. The Morgan fingerprint density at radius 2 is 1.37 bits per heavy atom. The van der Waals surface area contributed by atoms with Crippen LogP contribution in [-0.2, 0) is 46.6 Å². The molecular formula is C44H78Cl3N2O10P. The predicted molar refractivity (Wildman–Crippen MR) is 244 cm³/mol. The van der Waals surface area contributed by atoms with Crippen molar-refractivity contribution < 1.29 is 46.6 Å². The van der Waals surface area contributed by atoms with E-state index in [0.717, 1.165) is 64.2 Å². The Bertz CT molecular complexity index is 1210. The van der Waals surface area contributed by atoms with E-state index in [1.54, 1.807) is 7.11 Å². The van der Waals surface area contributed by atoms with Crippen LogP contribution in [0.25, 0.3) is 0 Å². The summed E-state index contributed by atoms with van der Waals surface area (Å²) in [7, 11) is -1.21. The topological polar surface area (TPSA) is 144 Å². The van der Waals surface area contributed by atoms with Gasteiger partial charge >= 0.3 is 7.82 Å². The van der Waals surface area contributed by atoms with Crippen LogP contribution in [0.3, 0.4) is 0 Å². The third-order valence-corrected chi connectivity index (χ3v) is 12.1. The second kappa shape index (κ2) is 35.3. The SMILES string of the molecule is C=CCOP(=O)(OCC=C)OC1C(COC)OC(OC(=N)C(Cl)(Cl)Cl)C(NC(=O)CCCCCCCCCC=CCCCCCC)C1OCC[C@@H](CCCCCCC)OC. The molecule has 0 radical (unpaired) electrons. The van der Waals surface area contributed by atoms with Gasteiger partial charge in [0.15, 0.2) is 0 Å². The number of phosphoric acid groups is 1. The van der Waals surface area contributed by atoms with Gasteiger partial charge in [0.25, 0.3) is 3.79 Å². The summed E-state index contributed by atoms with van der Waals surface area (Å²) in [5.74, 6) is -1.05. The first-order valence-corrected chi connectivity index (χ1v) is 24.8. The van der Waals surface area contributed by atoms with Gasteiger partial charge in [-0.2, -0.15) is 0 Å². The maximum Gasteiger partial charge on any atom is 0.475 e. The Morgan fingerprint density at radius 3 is 1.92 bits per heavy atom. The number of allylic oxidation sites excluding steroid dienone is 2. The van der Waals surface area contributed by atoms with E-state index in [9.17, 15) is 9.36 Å². The predicted octanol–water partition coefficient (Wildman–Crippen LogP) is 12.3. The Labute approximate surface area is 377 Å². The van der Waals surface area contributed by atoms with Crippen molar-refractivity contribution in [2.45, 2.75) is 189 Å². The van der Waals surface area contributed by atoms with Crippen LogP contribution in [0.4, 0.5) is 0 Å². The molecule has 1 aliphatic heterocycles. The minimum Gasteiger partial charge on any atom is -0.446 e. The highest BCUT2D eigenvalue weighted by atomic mass is 35.6. The number of carbonyl (C=O) groups is 1. The van der Waals surface area contributed by atoms with Gasteiger partial charge in [0, 0.05) is 27.2 Å². The van der Waals surface area contributed by atoms with Gasteiger partial charge in [0.1, 0.15) is 24.4 Å². The third kappa shape index (κ3) is 25.9. The lowest BCUT2D eigenvalue weighted by molar-refractivity contribution is -0.256. The average molecular weight is 932 g/mol. The standard InChI is InChI=1S/C44H78Cl3N2O10P/c1-7-11-13-15-16-17-18-19-20-21-22-23-24-26-28-30-38(50)49-39-41(54-34-31-36(53-6)29-27-25-14-12-8-2)40(59-60(51,55-32-9-3)56-33-10-4)37(35-52-5)57-42(39)58-43(48)44(45,46)47/h9-10,17-18,36-37,39-42,48H,3-4,7-8,11-16,19-35H2,1-2,5-6H3,(H,49,50)/t36-,37?,39?,40?,41?,42?/m1/s1. The number of nitrogens with one attached hydrogen (secondary N) is 2. The number of hydrogen-bond donors (Lipinski definition) is 2. The summed E-state index contributed by atoms with van der Waals surface area (Å²) >= 11 is 18.1. The lowest BCUT2D eigenvalue weighted by atomic mass is 9.96. The van der Waals surface area contributed by atoms with Gasteiger partial charge in [-0.15, -0.1) is 13.2 Å². The molecule has 1 saturated heterocycles. The average Bonchev–Trinajstić information content (AvgIpc) is 3.21. The van der Waals surface area contributed by atoms with Crippen LogP contribution >= 0.6 is 42.6 Å². The number of unbranched alkanes of at least 4 members (excludes halogenated alkanes) is 15. The Hall–Kier alpha value is -1.02. The van der Waals surface area contributed by atoms with E-state index in [1.807, 2.05) is 0 Å². The molecule has 0 aromatic carbocycles. The van der Waals surface area contributed by atoms with E-state index in [2.05, 4.69) is 44.5 Å². The molecule has 6 atom stereocenters. The van der Waals surface area contributed by atoms with Crippen molar-refractivity contribution in [1.82, 2.24) is 5.32 Å². The molecule has 1 aliphatic rings. The van der Waals surface area contributed by atoms with Gasteiger partial charge in [-0.3, -0.25) is 23.8 Å². The first-order valence-electron chi connectivity index (χ1n) is 22.2.